The first kappa shape index (κ1) is 10.8. The fourth-order valence-electron chi connectivity index (χ4n) is 1.80. The minimum atomic E-state index is 0.193. The van der Waals surface area contributed by atoms with Crippen molar-refractivity contribution in [3.8, 4) is 11.9 Å². The Hall–Kier alpha value is -1.67. The van der Waals surface area contributed by atoms with Crippen LogP contribution in [0.1, 0.15) is 25.5 Å². The summed E-state index contributed by atoms with van der Waals surface area (Å²) in [5.41, 5.74) is 0.311. The Morgan fingerprint density at radius 1 is 1.50 bits per heavy atom. The second-order valence-corrected chi connectivity index (χ2v) is 3.97. The summed E-state index contributed by atoms with van der Waals surface area (Å²) in [6.07, 6.45) is 5.08. The summed E-state index contributed by atoms with van der Waals surface area (Å²) < 4.78 is 5.70. The predicted octanol–water partition coefficient (Wildman–Crippen LogP) is 0.868. The third kappa shape index (κ3) is 2.67. The first-order chi connectivity index (χ1) is 7.78. The molecule has 0 spiro atoms. The van der Waals surface area contributed by atoms with Gasteiger partial charge in [0.2, 0.25) is 5.88 Å². The van der Waals surface area contributed by atoms with Gasteiger partial charge in [0.05, 0.1) is 12.4 Å². The van der Waals surface area contributed by atoms with E-state index in [2.05, 4.69) is 22.2 Å². The van der Waals surface area contributed by atoms with Crippen LogP contribution in [0.5, 0.6) is 5.88 Å². The van der Waals surface area contributed by atoms with Gasteiger partial charge in [-0.2, -0.15) is 5.26 Å². The van der Waals surface area contributed by atoms with Crippen molar-refractivity contribution in [2.45, 2.75) is 31.9 Å². The lowest BCUT2D eigenvalue weighted by atomic mass is 10.0. The standard InChI is InChI=1S/C11H14N4O/c1-8-4-10(2-3-13-8)16-11-7-14-9(5-12)6-15-11/h6-8,10,13H,2-4H2,1H3/t8-,10-/m0/s1. The largest absolute Gasteiger partial charge is 0.473 e. The van der Waals surface area contributed by atoms with Gasteiger partial charge in [0, 0.05) is 6.04 Å². The van der Waals surface area contributed by atoms with E-state index in [-0.39, 0.29) is 6.10 Å². The van der Waals surface area contributed by atoms with Crippen LogP contribution >= 0.6 is 0 Å². The van der Waals surface area contributed by atoms with E-state index in [1.807, 2.05) is 6.07 Å². The van der Waals surface area contributed by atoms with Crippen molar-refractivity contribution in [2.75, 3.05) is 6.54 Å². The fraction of sp³-hybridized carbons (Fsp3) is 0.545. The fourth-order valence-corrected chi connectivity index (χ4v) is 1.80. The quantitative estimate of drug-likeness (QED) is 0.797. The summed E-state index contributed by atoms with van der Waals surface area (Å²) in [5, 5.41) is 11.9. The molecule has 1 N–H and O–H groups in total. The van der Waals surface area contributed by atoms with Crippen molar-refractivity contribution in [1.29, 1.82) is 5.26 Å². The molecule has 5 heteroatoms. The monoisotopic (exact) mass is 218 g/mol. The number of nitriles is 1. The molecule has 2 atom stereocenters. The molecule has 0 saturated carbocycles. The van der Waals surface area contributed by atoms with Gasteiger partial charge in [-0.05, 0) is 26.3 Å². The molecule has 1 aromatic rings. The Morgan fingerprint density at radius 3 is 3.00 bits per heavy atom. The van der Waals surface area contributed by atoms with E-state index < -0.39 is 0 Å². The lowest BCUT2D eigenvalue weighted by molar-refractivity contribution is 0.137. The summed E-state index contributed by atoms with van der Waals surface area (Å²) >= 11 is 0. The van der Waals surface area contributed by atoms with Crippen molar-refractivity contribution in [1.82, 2.24) is 15.3 Å². The minimum Gasteiger partial charge on any atom is -0.473 e. The first-order valence-corrected chi connectivity index (χ1v) is 5.40. The third-order valence-electron chi connectivity index (χ3n) is 2.61. The van der Waals surface area contributed by atoms with Crippen molar-refractivity contribution < 1.29 is 4.74 Å². The number of hydrogen-bond acceptors (Lipinski definition) is 5. The summed E-state index contributed by atoms with van der Waals surface area (Å²) in [6.45, 7) is 3.11. The lowest BCUT2D eigenvalue weighted by Crippen LogP contribution is -2.40. The van der Waals surface area contributed by atoms with E-state index >= 15 is 0 Å². The first-order valence-electron chi connectivity index (χ1n) is 5.40. The van der Waals surface area contributed by atoms with Gasteiger partial charge >= 0.3 is 0 Å². The number of piperidine rings is 1. The van der Waals surface area contributed by atoms with Gasteiger partial charge in [-0.15, -0.1) is 0 Å². The topological polar surface area (TPSA) is 70.8 Å². The minimum absolute atomic E-state index is 0.193. The molecule has 1 aromatic heterocycles. The van der Waals surface area contributed by atoms with Crippen molar-refractivity contribution in [3.05, 3.63) is 18.1 Å². The van der Waals surface area contributed by atoms with Gasteiger partial charge in [-0.25, -0.2) is 9.97 Å². The molecule has 1 aliphatic heterocycles. The van der Waals surface area contributed by atoms with Gasteiger partial charge in [0.1, 0.15) is 12.2 Å². The Bertz CT molecular complexity index is 384. The Kier molecular flexibility index (Phi) is 3.32. The van der Waals surface area contributed by atoms with Crippen LogP contribution in [0.25, 0.3) is 0 Å². The van der Waals surface area contributed by atoms with Crippen LogP contribution in [0.3, 0.4) is 0 Å². The Balaban J connectivity index is 1.95. The van der Waals surface area contributed by atoms with Crippen LogP contribution in [0.15, 0.2) is 12.4 Å². The van der Waals surface area contributed by atoms with Crippen LogP contribution in [0, 0.1) is 11.3 Å². The molecular formula is C11H14N4O. The number of ether oxygens (including phenoxy) is 1. The van der Waals surface area contributed by atoms with E-state index in [0.717, 1.165) is 19.4 Å². The highest BCUT2D eigenvalue weighted by molar-refractivity contribution is 5.18. The molecule has 0 unspecified atom stereocenters. The summed E-state index contributed by atoms with van der Waals surface area (Å²) in [7, 11) is 0. The molecule has 1 fully saturated rings. The molecule has 2 rings (SSSR count). The Morgan fingerprint density at radius 2 is 2.38 bits per heavy atom. The smallest absolute Gasteiger partial charge is 0.232 e. The third-order valence-corrected chi connectivity index (χ3v) is 2.61. The SMILES string of the molecule is C[C@H]1C[C@@H](Oc2cnc(C#N)cn2)CCN1. The number of nitrogens with zero attached hydrogens (tertiary/aromatic N) is 3. The van der Waals surface area contributed by atoms with Crippen LogP contribution in [-0.4, -0.2) is 28.7 Å². The molecule has 0 radical (unpaired) electrons. The number of rotatable bonds is 2. The second-order valence-electron chi connectivity index (χ2n) is 3.97. The molecular weight excluding hydrogens is 204 g/mol. The Labute approximate surface area is 94.5 Å². The average molecular weight is 218 g/mol. The molecule has 0 amide bonds. The average Bonchev–Trinajstić information content (AvgIpc) is 2.30. The molecule has 84 valence electrons. The van der Waals surface area contributed by atoms with Crippen LogP contribution < -0.4 is 10.1 Å². The highest BCUT2D eigenvalue weighted by atomic mass is 16.5. The van der Waals surface area contributed by atoms with Gasteiger partial charge in [-0.3, -0.25) is 0 Å². The maximum atomic E-state index is 8.58. The van der Waals surface area contributed by atoms with E-state index in [1.54, 1.807) is 0 Å². The van der Waals surface area contributed by atoms with Crippen molar-refractivity contribution >= 4 is 0 Å². The maximum Gasteiger partial charge on any atom is 0.232 e. The van der Waals surface area contributed by atoms with Crippen LogP contribution in [0.2, 0.25) is 0 Å². The van der Waals surface area contributed by atoms with Gasteiger partial charge in [-0.1, -0.05) is 0 Å². The van der Waals surface area contributed by atoms with E-state index in [0.29, 0.717) is 17.6 Å². The number of aromatic nitrogens is 2. The van der Waals surface area contributed by atoms with E-state index in [4.69, 9.17) is 10.00 Å². The molecule has 2 heterocycles. The predicted molar refractivity (Wildman–Crippen MR) is 57.9 cm³/mol. The number of hydrogen-bond donors (Lipinski definition) is 1. The van der Waals surface area contributed by atoms with Crippen molar-refractivity contribution in [2.24, 2.45) is 0 Å². The lowest BCUT2D eigenvalue weighted by Gasteiger charge is -2.27. The van der Waals surface area contributed by atoms with E-state index in [9.17, 15) is 0 Å². The number of nitrogens with one attached hydrogen (secondary N) is 1. The summed E-state index contributed by atoms with van der Waals surface area (Å²) in [5.74, 6) is 0.498. The molecule has 1 saturated heterocycles. The maximum absolute atomic E-state index is 8.58. The highest BCUT2D eigenvalue weighted by Crippen LogP contribution is 2.15. The summed E-state index contributed by atoms with van der Waals surface area (Å²) in [4.78, 5) is 7.96. The highest BCUT2D eigenvalue weighted by Gasteiger charge is 2.19. The molecule has 1 aliphatic rings. The molecule has 0 aliphatic carbocycles. The van der Waals surface area contributed by atoms with Gasteiger partial charge < -0.3 is 10.1 Å². The zero-order valence-electron chi connectivity index (χ0n) is 9.18. The van der Waals surface area contributed by atoms with E-state index in [1.165, 1.54) is 12.4 Å². The molecule has 0 aromatic carbocycles. The van der Waals surface area contributed by atoms with Gasteiger partial charge in [0.15, 0.2) is 5.69 Å². The van der Waals surface area contributed by atoms with Crippen LogP contribution in [0.4, 0.5) is 0 Å². The molecule has 0 bridgehead atoms. The zero-order valence-corrected chi connectivity index (χ0v) is 9.18. The molecule has 5 nitrogen and oxygen atoms in total. The van der Waals surface area contributed by atoms with Crippen LogP contribution in [-0.2, 0) is 0 Å². The summed E-state index contributed by atoms with van der Waals surface area (Å²) in [6, 6.07) is 2.40. The van der Waals surface area contributed by atoms with Crippen molar-refractivity contribution in [3.63, 3.8) is 0 Å². The molecule has 16 heavy (non-hydrogen) atoms. The normalized spacial score (nSPS) is 24.8. The van der Waals surface area contributed by atoms with Gasteiger partial charge in [0.25, 0.3) is 0 Å². The second kappa shape index (κ2) is 4.90. The zero-order chi connectivity index (χ0) is 11.4.